The molecular formula is C24H35N3O5. The van der Waals surface area contributed by atoms with Gasteiger partial charge in [-0.25, -0.2) is 0 Å². The van der Waals surface area contributed by atoms with Crippen LogP contribution in [0, 0.1) is 6.92 Å². The van der Waals surface area contributed by atoms with Gasteiger partial charge in [0.05, 0.1) is 18.2 Å². The van der Waals surface area contributed by atoms with E-state index in [9.17, 15) is 9.59 Å². The van der Waals surface area contributed by atoms with Crippen molar-refractivity contribution in [2.24, 2.45) is 0 Å². The summed E-state index contributed by atoms with van der Waals surface area (Å²) in [7, 11) is 4.82. The van der Waals surface area contributed by atoms with Gasteiger partial charge in [-0.2, -0.15) is 0 Å². The summed E-state index contributed by atoms with van der Waals surface area (Å²) in [5.74, 6) is -0.780. The molecule has 32 heavy (non-hydrogen) atoms. The number of amides is 2. The summed E-state index contributed by atoms with van der Waals surface area (Å²) in [5.41, 5.74) is 6.92. The third-order valence-corrected chi connectivity index (χ3v) is 5.70. The highest BCUT2D eigenvalue weighted by Crippen LogP contribution is 2.25. The van der Waals surface area contributed by atoms with Crippen LogP contribution in [0.5, 0.6) is 5.75 Å². The molecule has 0 aliphatic heterocycles. The minimum absolute atomic E-state index is 0.230. The van der Waals surface area contributed by atoms with Gasteiger partial charge >= 0.3 is 0 Å². The summed E-state index contributed by atoms with van der Waals surface area (Å²) >= 11 is 0. The monoisotopic (exact) mass is 445 g/mol. The predicted molar refractivity (Wildman–Crippen MR) is 123 cm³/mol. The predicted octanol–water partition coefficient (Wildman–Crippen LogP) is 4.05. The van der Waals surface area contributed by atoms with Crippen molar-refractivity contribution >= 4 is 22.7 Å². The van der Waals surface area contributed by atoms with Crippen LogP contribution in [0.15, 0.2) is 24.3 Å². The molecule has 2 aromatic rings. The van der Waals surface area contributed by atoms with Crippen molar-refractivity contribution in [3.05, 3.63) is 35.5 Å². The zero-order chi connectivity index (χ0) is 23.6. The number of hydrazine groups is 1. The van der Waals surface area contributed by atoms with Crippen LogP contribution in [0.25, 0.3) is 10.9 Å². The van der Waals surface area contributed by atoms with Crippen LogP contribution in [-0.4, -0.2) is 43.9 Å². The average Bonchev–Trinajstić information content (AvgIpc) is 2.81. The number of nitrogens with zero attached hydrogens (tertiary/aromatic N) is 1. The first-order valence-corrected chi connectivity index (χ1v) is 11.0. The maximum atomic E-state index is 12.6. The highest BCUT2D eigenvalue weighted by molar-refractivity contribution is 6.01. The van der Waals surface area contributed by atoms with Gasteiger partial charge in [0.1, 0.15) is 5.75 Å². The van der Waals surface area contributed by atoms with E-state index < -0.39 is 11.7 Å². The molecule has 1 heterocycles. The number of benzene rings is 1. The molecule has 2 N–H and O–H groups in total. The van der Waals surface area contributed by atoms with Crippen LogP contribution in [0.3, 0.4) is 0 Å². The summed E-state index contributed by atoms with van der Waals surface area (Å²) in [6.45, 7) is 3.94. The molecule has 0 saturated carbocycles. The number of nitrogens with one attached hydrogen (secondary N) is 2. The molecule has 2 rings (SSSR count). The molecule has 0 saturated heterocycles. The Hall–Kier alpha value is -2.71. The molecular weight excluding hydrogens is 410 g/mol. The van der Waals surface area contributed by atoms with E-state index in [1.165, 1.54) is 7.11 Å². The van der Waals surface area contributed by atoms with E-state index in [2.05, 4.69) is 15.8 Å². The Balaban J connectivity index is 1.77. The minimum Gasteiger partial charge on any atom is -0.496 e. The van der Waals surface area contributed by atoms with Gasteiger partial charge in [0, 0.05) is 44.2 Å². The van der Waals surface area contributed by atoms with Crippen LogP contribution in [0.1, 0.15) is 67.9 Å². The minimum atomic E-state index is -0.514. The number of aromatic nitrogens is 1. The zero-order valence-electron chi connectivity index (χ0n) is 19.7. The lowest BCUT2D eigenvalue weighted by Gasteiger charge is -2.29. The lowest BCUT2D eigenvalue weighted by molar-refractivity contribution is -0.212. The van der Waals surface area contributed by atoms with Gasteiger partial charge in [0.15, 0.2) is 5.79 Å². The van der Waals surface area contributed by atoms with Crippen molar-refractivity contribution in [2.45, 2.75) is 64.6 Å². The summed E-state index contributed by atoms with van der Waals surface area (Å²) in [4.78, 5) is 29.1. The molecule has 1 aromatic carbocycles. The lowest BCUT2D eigenvalue weighted by Crippen LogP contribution is -2.41. The number of carbonyl (C=O) groups is 2. The first-order chi connectivity index (χ1) is 15.4. The van der Waals surface area contributed by atoms with E-state index >= 15 is 0 Å². The van der Waals surface area contributed by atoms with Crippen LogP contribution >= 0.6 is 0 Å². The molecule has 0 radical (unpaired) electrons. The van der Waals surface area contributed by atoms with Crippen LogP contribution in [0.2, 0.25) is 0 Å². The third-order valence-electron chi connectivity index (χ3n) is 5.70. The fourth-order valence-corrected chi connectivity index (χ4v) is 3.64. The molecule has 0 spiro atoms. The van der Waals surface area contributed by atoms with Crippen molar-refractivity contribution in [3.63, 3.8) is 0 Å². The first kappa shape index (κ1) is 25.5. The van der Waals surface area contributed by atoms with Crippen LogP contribution in [0.4, 0.5) is 0 Å². The summed E-state index contributed by atoms with van der Waals surface area (Å²) in [5, 5.41) is 0.821. The number of pyridine rings is 1. The fourth-order valence-electron chi connectivity index (χ4n) is 3.64. The van der Waals surface area contributed by atoms with Gasteiger partial charge < -0.3 is 14.2 Å². The average molecular weight is 446 g/mol. The smallest absolute Gasteiger partial charge is 0.273 e. The van der Waals surface area contributed by atoms with E-state index in [0.29, 0.717) is 17.7 Å². The number of rotatable bonds is 12. The van der Waals surface area contributed by atoms with E-state index in [-0.39, 0.29) is 5.91 Å². The molecule has 8 nitrogen and oxygen atoms in total. The number of ether oxygens (including phenoxy) is 3. The highest BCUT2D eigenvalue weighted by Gasteiger charge is 2.26. The first-order valence-electron chi connectivity index (χ1n) is 11.0. The second-order valence-electron chi connectivity index (χ2n) is 7.79. The third kappa shape index (κ3) is 6.90. The standard InChI is InChI=1S/C24H35N3O5/c1-6-24(31-4,32-5)14-10-8-7-9-11-22(28)26-27-23(29)19-15-18-13-12-17(2)25-20(18)16-21(19)30-3/h12-13,15-16H,6-11,14H2,1-5H3,(H,26,28)(H,27,29). The van der Waals surface area contributed by atoms with Gasteiger partial charge in [0.25, 0.3) is 5.91 Å². The van der Waals surface area contributed by atoms with Gasteiger partial charge in [0.2, 0.25) is 5.91 Å². The second-order valence-corrected chi connectivity index (χ2v) is 7.79. The number of fused-ring (bicyclic) bond motifs is 1. The maximum Gasteiger partial charge on any atom is 0.273 e. The molecule has 2 amide bonds. The normalized spacial score (nSPS) is 11.4. The summed E-state index contributed by atoms with van der Waals surface area (Å²) in [6, 6.07) is 7.21. The Bertz CT molecular complexity index is 904. The highest BCUT2D eigenvalue weighted by atomic mass is 16.7. The van der Waals surface area contributed by atoms with Gasteiger partial charge in [-0.15, -0.1) is 0 Å². The molecule has 0 bridgehead atoms. The lowest BCUT2D eigenvalue weighted by atomic mass is 10.0. The van der Waals surface area contributed by atoms with Crippen molar-refractivity contribution in [2.75, 3.05) is 21.3 Å². The topological polar surface area (TPSA) is 98.8 Å². The number of unbranched alkanes of at least 4 members (excludes halogenated alkanes) is 3. The molecule has 0 atom stereocenters. The Morgan fingerprint density at radius 2 is 1.72 bits per heavy atom. The quantitative estimate of drug-likeness (QED) is 0.290. The van der Waals surface area contributed by atoms with E-state index in [4.69, 9.17) is 14.2 Å². The van der Waals surface area contributed by atoms with Gasteiger partial charge in [-0.05, 0) is 38.3 Å². The summed E-state index contributed by atoms with van der Waals surface area (Å²) in [6.07, 6.45) is 5.55. The van der Waals surface area contributed by atoms with Gasteiger partial charge in [-0.3, -0.25) is 25.4 Å². The second kappa shape index (κ2) is 12.4. The molecule has 0 aliphatic carbocycles. The molecule has 176 valence electrons. The number of carbonyl (C=O) groups excluding carboxylic acids is 2. The van der Waals surface area contributed by atoms with Crippen molar-refractivity contribution in [1.29, 1.82) is 0 Å². The number of hydrogen-bond acceptors (Lipinski definition) is 6. The van der Waals surface area contributed by atoms with Crippen molar-refractivity contribution in [1.82, 2.24) is 15.8 Å². The Kier molecular flexibility index (Phi) is 9.87. The Morgan fingerprint density at radius 1 is 1.00 bits per heavy atom. The van der Waals surface area contributed by atoms with E-state index in [1.54, 1.807) is 26.4 Å². The van der Waals surface area contributed by atoms with Gasteiger partial charge in [-0.1, -0.05) is 25.8 Å². The van der Waals surface area contributed by atoms with E-state index in [1.807, 2.05) is 26.0 Å². The van der Waals surface area contributed by atoms with Crippen LogP contribution < -0.4 is 15.6 Å². The number of aryl methyl sites for hydroxylation is 1. The molecule has 8 heteroatoms. The molecule has 1 aromatic heterocycles. The van der Waals surface area contributed by atoms with E-state index in [0.717, 1.165) is 55.1 Å². The van der Waals surface area contributed by atoms with Crippen LogP contribution in [-0.2, 0) is 14.3 Å². The largest absolute Gasteiger partial charge is 0.496 e. The van der Waals surface area contributed by atoms with Crippen molar-refractivity contribution in [3.8, 4) is 5.75 Å². The molecule has 0 fully saturated rings. The number of hydrogen-bond donors (Lipinski definition) is 2. The van der Waals surface area contributed by atoms with Crippen molar-refractivity contribution < 1.29 is 23.8 Å². The summed E-state index contributed by atoms with van der Waals surface area (Å²) < 4.78 is 16.3. The SMILES string of the molecule is CCC(CCCCCCC(=O)NNC(=O)c1cc2ccc(C)nc2cc1OC)(OC)OC. The Labute approximate surface area is 190 Å². The zero-order valence-corrected chi connectivity index (χ0v) is 19.7. The maximum absolute atomic E-state index is 12.6. The fraction of sp³-hybridized carbons (Fsp3) is 0.542. The molecule has 0 unspecified atom stereocenters. The number of methoxy groups -OCH3 is 3. The Morgan fingerprint density at radius 3 is 2.38 bits per heavy atom. The molecule has 0 aliphatic rings.